The smallest absolute Gasteiger partial charge is 0.337 e. The standard InChI is InChI=1S/C19H17N3O4/c1-22-16(12-4-8-14(9-5-12)18(23)25-2)20-21-17(22)13-6-10-15(11-7-13)19(24)26-3/h4-11H,1-3H3. The van der Waals surface area contributed by atoms with Crippen molar-refractivity contribution in [2.75, 3.05) is 14.2 Å². The van der Waals surface area contributed by atoms with Crippen LogP contribution in [0.5, 0.6) is 0 Å². The fourth-order valence-corrected chi connectivity index (χ4v) is 2.58. The van der Waals surface area contributed by atoms with Crippen molar-refractivity contribution in [3.8, 4) is 22.8 Å². The van der Waals surface area contributed by atoms with E-state index in [-0.39, 0.29) is 11.9 Å². The Morgan fingerprint density at radius 1 is 0.731 bits per heavy atom. The topological polar surface area (TPSA) is 83.3 Å². The second kappa shape index (κ2) is 7.18. The molecule has 0 spiro atoms. The first-order chi connectivity index (χ1) is 12.5. The van der Waals surface area contributed by atoms with Gasteiger partial charge in [0, 0.05) is 18.2 Å². The average molecular weight is 351 g/mol. The zero-order valence-corrected chi connectivity index (χ0v) is 14.6. The maximum atomic E-state index is 11.5. The summed E-state index contributed by atoms with van der Waals surface area (Å²) < 4.78 is 11.2. The summed E-state index contributed by atoms with van der Waals surface area (Å²) in [5.74, 6) is 0.545. The van der Waals surface area contributed by atoms with E-state index in [0.29, 0.717) is 22.8 Å². The molecular formula is C19H17N3O4. The second-order valence-corrected chi connectivity index (χ2v) is 5.54. The van der Waals surface area contributed by atoms with Crippen molar-refractivity contribution >= 4 is 11.9 Å². The lowest BCUT2D eigenvalue weighted by atomic mass is 10.1. The van der Waals surface area contributed by atoms with Gasteiger partial charge in [0.25, 0.3) is 0 Å². The molecule has 132 valence electrons. The number of methoxy groups -OCH3 is 2. The van der Waals surface area contributed by atoms with Crippen LogP contribution in [0.4, 0.5) is 0 Å². The normalized spacial score (nSPS) is 10.4. The van der Waals surface area contributed by atoms with Crippen molar-refractivity contribution in [2.45, 2.75) is 0 Å². The number of carbonyl (C=O) groups excluding carboxylic acids is 2. The number of benzene rings is 2. The van der Waals surface area contributed by atoms with Gasteiger partial charge in [-0.15, -0.1) is 10.2 Å². The molecule has 3 rings (SSSR count). The minimum Gasteiger partial charge on any atom is -0.465 e. The number of nitrogens with zero attached hydrogens (tertiary/aromatic N) is 3. The second-order valence-electron chi connectivity index (χ2n) is 5.54. The van der Waals surface area contributed by atoms with Gasteiger partial charge in [-0.25, -0.2) is 9.59 Å². The molecule has 0 saturated carbocycles. The summed E-state index contributed by atoms with van der Waals surface area (Å²) in [6.45, 7) is 0. The summed E-state index contributed by atoms with van der Waals surface area (Å²) in [6, 6.07) is 13.9. The quantitative estimate of drug-likeness (QED) is 0.672. The number of esters is 2. The van der Waals surface area contributed by atoms with Gasteiger partial charge in [0.1, 0.15) is 0 Å². The van der Waals surface area contributed by atoms with Crippen LogP contribution in [0.25, 0.3) is 22.8 Å². The van der Waals surface area contributed by atoms with Crippen molar-refractivity contribution in [1.29, 1.82) is 0 Å². The molecule has 0 N–H and O–H groups in total. The third-order valence-corrected chi connectivity index (χ3v) is 4.00. The molecule has 1 aromatic heterocycles. The molecule has 0 aliphatic heterocycles. The molecule has 26 heavy (non-hydrogen) atoms. The Labute approximate surface area is 150 Å². The zero-order chi connectivity index (χ0) is 18.7. The van der Waals surface area contributed by atoms with Crippen LogP contribution in [0, 0.1) is 0 Å². The molecule has 0 saturated heterocycles. The van der Waals surface area contributed by atoms with Crippen LogP contribution < -0.4 is 0 Å². The molecule has 0 aliphatic carbocycles. The van der Waals surface area contributed by atoms with Crippen molar-refractivity contribution in [2.24, 2.45) is 7.05 Å². The minimum atomic E-state index is -0.388. The first-order valence-electron chi connectivity index (χ1n) is 7.82. The lowest BCUT2D eigenvalue weighted by molar-refractivity contribution is 0.0592. The molecule has 7 heteroatoms. The molecule has 1 heterocycles. The molecule has 0 atom stereocenters. The van der Waals surface area contributed by atoms with E-state index in [1.165, 1.54) is 14.2 Å². The summed E-state index contributed by atoms with van der Waals surface area (Å²) in [6.07, 6.45) is 0. The molecule has 0 fully saturated rings. The number of hydrogen-bond acceptors (Lipinski definition) is 6. The van der Waals surface area contributed by atoms with Gasteiger partial charge in [0.05, 0.1) is 25.3 Å². The summed E-state index contributed by atoms with van der Waals surface area (Å²) >= 11 is 0. The van der Waals surface area contributed by atoms with Gasteiger partial charge >= 0.3 is 11.9 Å². The predicted molar refractivity (Wildman–Crippen MR) is 94.6 cm³/mol. The molecule has 0 bridgehead atoms. The number of ether oxygens (including phenoxy) is 2. The van der Waals surface area contributed by atoms with Crippen molar-refractivity contribution in [3.05, 3.63) is 59.7 Å². The highest BCUT2D eigenvalue weighted by atomic mass is 16.5. The van der Waals surface area contributed by atoms with E-state index in [0.717, 1.165) is 11.1 Å². The van der Waals surface area contributed by atoms with Gasteiger partial charge in [-0.3, -0.25) is 0 Å². The van der Waals surface area contributed by atoms with Gasteiger partial charge < -0.3 is 14.0 Å². The van der Waals surface area contributed by atoms with E-state index >= 15 is 0 Å². The highest BCUT2D eigenvalue weighted by Crippen LogP contribution is 2.24. The van der Waals surface area contributed by atoms with Crippen LogP contribution in [0.15, 0.2) is 48.5 Å². The average Bonchev–Trinajstić information content (AvgIpc) is 3.08. The van der Waals surface area contributed by atoms with Crippen LogP contribution in [0.1, 0.15) is 20.7 Å². The van der Waals surface area contributed by atoms with Gasteiger partial charge in [-0.1, -0.05) is 24.3 Å². The SMILES string of the molecule is COC(=O)c1ccc(-c2nnc(-c3ccc(C(=O)OC)cc3)n2C)cc1. The van der Waals surface area contributed by atoms with Gasteiger partial charge in [0.15, 0.2) is 11.6 Å². The summed E-state index contributed by atoms with van der Waals surface area (Å²) in [4.78, 5) is 23.1. The molecule has 3 aromatic rings. The van der Waals surface area contributed by atoms with Gasteiger partial charge in [-0.2, -0.15) is 0 Å². The molecule has 0 aliphatic rings. The first-order valence-corrected chi connectivity index (χ1v) is 7.82. The van der Waals surface area contributed by atoms with Gasteiger partial charge in [-0.05, 0) is 24.3 Å². The first kappa shape index (κ1) is 17.3. The third-order valence-electron chi connectivity index (χ3n) is 4.00. The zero-order valence-electron chi connectivity index (χ0n) is 14.6. The summed E-state index contributed by atoms with van der Waals surface area (Å²) in [5, 5.41) is 8.47. The van der Waals surface area contributed by atoms with Crippen LogP contribution in [-0.2, 0) is 16.5 Å². The lowest BCUT2D eigenvalue weighted by Gasteiger charge is -2.06. The fraction of sp³-hybridized carbons (Fsp3) is 0.158. The fourth-order valence-electron chi connectivity index (χ4n) is 2.58. The van der Waals surface area contributed by atoms with E-state index in [2.05, 4.69) is 10.2 Å². The Morgan fingerprint density at radius 2 is 1.08 bits per heavy atom. The molecule has 0 radical (unpaired) electrons. The summed E-state index contributed by atoms with van der Waals surface area (Å²) in [7, 11) is 4.54. The molecule has 0 amide bonds. The van der Waals surface area contributed by atoms with Crippen LogP contribution in [0.2, 0.25) is 0 Å². The maximum absolute atomic E-state index is 11.5. The number of hydrogen-bond donors (Lipinski definition) is 0. The van der Waals surface area contributed by atoms with Crippen molar-refractivity contribution in [1.82, 2.24) is 14.8 Å². The summed E-state index contributed by atoms with van der Waals surface area (Å²) in [5.41, 5.74) is 2.59. The van der Waals surface area contributed by atoms with Crippen LogP contribution >= 0.6 is 0 Å². The number of rotatable bonds is 4. The Kier molecular flexibility index (Phi) is 4.79. The maximum Gasteiger partial charge on any atom is 0.337 e. The Hall–Kier alpha value is -3.48. The van der Waals surface area contributed by atoms with Crippen LogP contribution in [0.3, 0.4) is 0 Å². The molecule has 7 nitrogen and oxygen atoms in total. The largest absolute Gasteiger partial charge is 0.465 e. The van der Waals surface area contributed by atoms with E-state index in [1.807, 2.05) is 11.6 Å². The molecule has 2 aromatic carbocycles. The number of aromatic nitrogens is 3. The predicted octanol–water partition coefficient (Wildman–Crippen LogP) is 2.72. The van der Waals surface area contributed by atoms with E-state index in [4.69, 9.17) is 9.47 Å². The van der Waals surface area contributed by atoms with Gasteiger partial charge in [0.2, 0.25) is 0 Å². The Morgan fingerprint density at radius 3 is 1.38 bits per heavy atom. The third kappa shape index (κ3) is 3.19. The monoisotopic (exact) mass is 351 g/mol. The number of carbonyl (C=O) groups is 2. The van der Waals surface area contributed by atoms with E-state index in [1.54, 1.807) is 48.5 Å². The molecule has 0 unspecified atom stereocenters. The molecular weight excluding hydrogens is 334 g/mol. The lowest BCUT2D eigenvalue weighted by Crippen LogP contribution is -2.02. The van der Waals surface area contributed by atoms with Crippen molar-refractivity contribution in [3.63, 3.8) is 0 Å². The van der Waals surface area contributed by atoms with Crippen molar-refractivity contribution < 1.29 is 19.1 Å². The van der Waals surface area contributed by atoms with Crippen LogP contribution in [-0.4, -0.2) is 40.9 Å². The Balaban J connectivity index is 1.90. The highest BCUT2D eigenvalue weighted by molar-refractivity contribution is 5.90. The van der Waals surface area contributed by atoms with E-state index < -0.39 is 0 Å². The van der Waals surface area contributed by atoms with E-state index in [9.17, 15) is 9.59 Å². The minimum absolute atomic E-state index is 0.388. The highest BCUT2D eigenvalue weighted by Gasteiger charge is 2.14. The Bertz CT molecular complexity index is 867.